The predicted octanol–water partition coefficient (Wildman–Crippen LogP) is 1.52. The molecule has 0 spiro atoms. The largest absolute Gasteiger partial charge is 0.417 e. The van der Waals surface area contributed by atoms with Gasteiger partial charge in [0.05, 0.1) is 16.9 Å². The van der Waals surface area contributed by atoms with Gasteiger partial charge < -0.3 is 20.6 Å². The topological polar surface area (TPSA) is 104 Å². The number of benzene rings is 1. The average Bonchev–Trinajstić information content (AvgIpc) is 3.00. The van der Waals surface area contributed by atoms with Crippen LogP contribution in [0.4, 0.5) is 11.4 Å². The van der Waals surface area contributed by atoms with E-state index in [0.29, 0.717) is 28.6 Å². The van der Waals surface area contributed by atoms with Gasteiger partial charge in [-0.25, -0.2) is 4.79 Å². The van der Waals surface area contributed by atoms with Gasteiger partial charge in [0.1, 0.15) is 0 Å². The van der Waals surface area contributed by atoms with Crippen molar-refractivity contribution in [1.29, 1.82) is 0 Å². The van der Waals surface area contributed by atoms with Crippen LogP contribution in [0.2, 0.25) is 0 Å². The predicted molar refractivity (Wildman–Crippen MR) is 77.7 cm³/mol. The van der Waals surface area contributed by atoms with E-state index in [9.17, 15) is 9.90 Å². The van der Waals surface area contributed by atoms with Crippen LogP contribution in [0.5, 0.6) is 0 Å². The quantitative estimate of drug-likeness (QED) is 0.634. The van der Waals surface area contributed by atoms with Crippen LogP contribution in [0.15, 0.2) is 21.3 Å². The van der Waals surface area contributed by atoms with Crippen molar-refractivity contribution in [3.05, 3.63) is 22.7 Å². The summed E-state index contributed by atoms with van der Waals surface area (Å²) in [5, 5.41) is 12.6. The molecule has 1 aliphatic rings. The minimum Gasteiger partial charge on any atom is -0.408 e. The third-order valence-corrected chi connectivity index (χ3v) is 4.20. The number of nitrogens with one attached hydrogen (secondary N) is 2. The molecule has 2 unspecified atom stereocenters. The van der Waals surface area contributed by atoms with Crippen molar-refractivity contribution < 1.29 is 9.52 Å². The standard InChI is InChI=1S/C14H19N3O3/c15-10-4-13-12(17-14(19)20-13)5-11(10)16-6-8-2-1-3-9(8)7-18/h4-5,8-9,16,18H,1-3,6-7,15H2,(H,17,19). The summed E-state index contributed by atoms with van der Waals surface area (Å²) in [5.74, 6) is 0.368. The van der Waals surface area contributed by atoms with E-state index in [1.807, 2.05) is 0 Å². The number of aromatic nitrogens is 1. The SMILES string of the molecule is Nc1cc2oc(=O)[nH]c2cc1NCC1CCCC1CO. The molecule has 1 fully saturated rings. The molecule has 1 aromatic carbocycles. The molecule has 5 N–H and O–H groups in total. The molecule has 1 aromatic heterocycles. The fourth-order valence-electron chi connectivity index (χ4n) is 3.03. The number of anilines is 2. The molecular formula is C14H19N3O3. The number of rotatable bonds is 4. The second-order valence-corrected chi connectivity index (χ2v) is 5.46. The average molecular weight is 277 g/mol. The lowest BCUT2D eigenvalue weighted by molar-refractivity contribution is 0.199. The number of aromatic amines is 1. The number of aliphatic hydroxyl groups is 1. The molecular weight excluding hydrogens is 258 g/mol. The lowest BCUT2D eigenvalue weighted by atomic mass is 9.97. The highest BCUT2D eigenvalue weighted by molar-refractivity contribution is 5.85. The Morgan fingerprint density at radius 3 is 3.00 bits per heavy atom. The van der Waals surface area contributed by atoms with Gasteiger partial charge in [0, 0.05) is 19.2 Å². The van der Waals surface area contributed by atoms with Gasteiger partial charge in [0.25, 0.3) is 0 Å². The van der Waals surface area contributed by atoms with Crippen LogP contribution in [0.1, 0.15) is 19.3 Å². The van der Waals surface area contributed by atoms with Gasteiger partial charge >= 0.3 is 5.76 Å². The first-order valence-electron chi connectivity index (χ1n) is 6.94. The zero-order chi connectivity index (χ0) is 14.1. The fraction of sp³-hybridized carbons (Fsp3) is 0.500. The lowest BCUT2D eigenvalue weighted by Gasteiger charge is -2.19. The van der Waals surface area contributed by atoms with Crippen LogP contribution in [0.3, 0.4) is 0 Å². The summed E-state index contributed by atoms with van der Waals surface area (Å²) in [7, 11) is 0. The zero-order valence-corrected chi connectivity index (χ0v) is 11.2. The third kappa shape index (κ3) is 2.38. The number of fused-ring (bicyclic) bond motifs is 1. The third-order valence-electron chi connectivity index (χ3n) is 4.20. The van der Waals surface area contributed by atoms with E-state index in [4.69, 9.17) is 10.2 Å². The molecule has 0 aliphatic heterocycles. The van der Waals surface area contributed by atoms with Crippen molar-refractivity contribution >= 4 is 22.5 Å². The fourth-order valence-corrected chi connectivity index (χ4v) is 3.03. The lowest BCUT2D eigenvalue weighted by Crippen LogP contribution is -2.21. The van der Waals surface area contributed by atoms with Crippen LogP contribution >= 0.6 is 0 Å². The summed E-state index contributed by atoms with van der Waals surface area (Å²) in [4.78, 5) is 13.8. The summed E-state index contributed by atoms with van der Waals surface area (Å²) in [6, 6.07) is 3.44. The summed E-state index contributed by atoms with van der Waals surface area (Å²) in [6.07, 6.45) is 3.39. The van der Waals surface area contributed by atoms with Crippen molar-refractivity contribution in [3.8, 4) is 0 Å². The number of hydrogen-bond donors (Lipinski definition) is 4. The molecule has 0 bridgehead atoms. The Morgan fingerprint density at radius 2 is 2.20 bits per heavy atom. The summed E-state index contributed by atoms with van der Waals surface area (Å²) < 4.78 is 4.96. The number of nitrogens with two attached hydrogens (primary N) is 1. The van der Waals surface area contributed by atoms with Crippen molar-refractivity contribution in [2.24, 2.45) is 11.8 Å². The minimum atomic E-state index is -0.479. The van der Waals surface area contributed by atoms with Crippen LogP contribution in [-0.2, 0) is 0 Å². The molecule has 6 nitrogen and oxygen atoms in total. The monoisotopic (exact) mass is 277 g/mol. The highest BCUT2D eigenvalue weighted by Crippen LogP contribution is 2.32. The van der Waals surface area contributed by atoms with Gasteiger partial charge in [0.15, 0.2) is 5.58 Å². The van der Waals surface area contributed by atoms with E-state index in [2.05, 4.69) is 10.3 Å². The first-order valence-corrected chi connectivity index (χ1v) is 6.94. The number of H-pyrrole nitrogens is 1. The number of aliphatic hydroxyl groups excluding tert-OH is 1. The molecule has 2 aromatic rings. The van der Waals surface area contributed by atoms with Crippen LogP contribution in [-0.4, -0.2) is 23.2 Å². The molecule has 6 heteroatoms. The second kappa shape index (κ2) is 5.20. The van der Waals surface area contributed by atoms with Gasteiger partial charge in [-0.3, -0.25) is 4.98 Å². The first-order chi connectivity index (χ1) is 9.67. The molecule has 108 valence electrons. The number of nitrogen functional groups attached to an aromatic ring is 1. The maximum atomic E-state index is 11.1. The van der Waals surface area contributed by atoms with Crippen molar-refractivity contribution in [3.63, 3.8) is 0 Å². The van der Waals surface area contributed by atoms with E-state index in [-0.39, 0.29) is 6.61 Å². The highest BCUT2D eigenvalue weighted by Gasteiger charge is 2.26. The Labute approximate surface area is 116 Å². The number of oxazole rings is 1. The molecule has 1 heterocycles. The Bertz CT molecular complexity index is 661. The second-order valence-electron chi connectivity index (χ2n) is 5.46. The zero-order valence-electron chi connectivity index (χ0n) is 11.2. The van der Waals surface area contributed by atoms with Gasteiger partial charge in [-0.2, -0.15) is 0 Å². The van der Waals surface area contributed by atoms with E-state index in [1.54, 1.807) is 12.1 Å². The van der Waals surface area contributed by atoms with E-state index in [0.717, 1.165) is 25.1 Å². The molecule has 0 radical (unpaired) electrons. The van der Waals surface area contributed by atoms with E-state index in [1.165, 1.54) is 6.42 Å². The van der Waals surface area contributed by atoms with Crippen molar-refractivity contribution in [2.75, 3.05) is 24.2 Å². The summed E-state index contributed by atoms with van der Waals surface area (Å²) in [6.45, 7) is 1.03. The Morgan fingerprint density at radius 1 is 1.40 bits per heavy atom. The minimum absolute atomic E-state index is 0.246. The van der Waals surface area contributed by atoms with Crippen molar-refractivity contribution in [2.45, 2.75) is 19.3 Å². The molecule has 0 saturated heterocycles. The molecule has 3 rings (SSSR count). The maximum absolute atomic E-state index is 11.1. The van der Waals surface area contributed by atoms with Crippen LogP contribution in [0, 0.1) is 11.8 Å². The van der Waals surface area contributed by atoms with E-state index >= 15 is 0 Å². The molecule has 1 saturated carbocycles. The number of hydrogen-bond acceptors (Lipinski definition) is 5. The highest BCUT2D eigenvalue weighted by atomic mass is 16.4. The van der Waals surface area contributed by atoms with Gasteiger partial charge in [-0.15, -0.1) is 0 Å². The van der Waals surface area contributed by atoms with E-state index < -0.39 is 5.76 Å². The van der Waals surface area contributed by atoms with Gasteiger partial charge in [0.2, 0.25) is 0 Å². The Balaban J connectivity index is 1.76. The summed E-state index contributed by atoms with van der Waals surface area (Å²) in [5.41, 5.74) is 8.41. The molecule has 0 amide bonds. The maximum Gasteiger partial charge on any atom is 0.417 e. The first kappa shape index (κ1) is 13.1. The smallest absolute Gasteiger partial charge is 0.408 e. The van der Waals surface area contributed by atoms with Gasteiger partial charge in [-0.05, 0) is 30.7 Å². The molecule has 1 aliphatic carbocycles. The molecule has 2 atom stereocenters. The van der Waals surface area contributed by atoms with Gasteiger partial charge in [-0.1, -0.05) is 6.42 Å². The Kier molecular flexibility index (Phi) is 3.40. The Hall–Kier alpha value is -1.95. The normalized spacial score (nSPS) is 22.4. The van der Waals surface area contributed by atoms with Crippen LogP contribution < -0.4 is 16.8 Å². The van der Waals surface area contributed by atoms with Crippen LogP contribution in [0.25, 0.3) is 11.1 Å². The molecule has 20 heavy (non-hydrogen) atoms. The summed E-state index contributed by atoms with van der Waals surface area (Å²) >= 11 is 0. The van der Waals surface area contributed by atoms with Crippen molar-refractivity contribution in [1.82, 2.24) is 4.98 Å².